The average molecular weight is 586 g/mol. The van der Waals surface area contributed by atoms with Crippen LogP contribution in [0.4, 0.5) is 0 Å². The number of ether oxygens (including phenoxy) is 1. The minimum Gasteiger partial charge on any atom is -0.497 e. The van der Waals surface area contributed by atoms with Crippen molar-refractivity contribution in [1.29, 1.82) is 0 Å². The average Bonchev–Trinajstić information content (AvgIpc) is 3.00. The van der Waals surface area contributed by atoms with Crippen LogP contribution in [-0.4, -0.2) is 49.3 Å². The first-order valence-corrected chi connectivity index (χ1v) is 15.4. The first-order chi connectivity index (χ1) is 20.2. The molecule has 0 aliphatic carbocycles. The molecule has 0 aromatic heterocycles. The van der Waals surface area contributed by atoms with E-state index in [1.165, 1.54) is 4.90 Å². The van der Waals surface area contributed by atoms with Crippen LogP contribution in [0.1, 0.15) is 28.3 Å². The molecule has 0 spiro atoms. The van der Waals surface area contributed by atoms with Crippen LogP contribution in [0, 0.1) is 0 Å². The standard InChI is InChI=1S/C33H35N3O5S/c1-41-30-20-18-26(19-21-30)22-34-33(38)32(29-16-10-5-11-17-29)36(24-28-14-8-4-9-15-28)31(37)25-35(42(2,39)40)23-27-12-6-3-7-13-27/h3-21,32H,22-25H2,1-2H3,(H,34,38). The molecule has 4 rings (SSSR count). The molecule has 0 fully saturated rings. The van der Waals surface area contributed by atoms with E-state index in [2.05, 4.69) is 5.32 Å². The number of carbonyl (C=O) groups excluding carboxylic acids is 2. The number of carbonyl (C=O) groups is 2. The minimum atomic E-state index is -3.75. The van der Waals surface area contributed by atoms with Crippen molar-refractivity contribution >= 4 is 21.8 Å². The van der Waals surface area contributed by atoms with Crippen LogP contribution in [0.2, 0.25) is 0 Å². The fraction of sp³-hybridized carbons (Fsp3) is 0.212. The molecule has 0 radical (unpaired) electrons. The van der Waals surface area contributed by atoms with E-state index in [0.717, 1.165) is 27.3 Å². The van der Waals surface area contributed by atoms with E-state index in [1.807, 2.05) is 103 Å². The molecule has 9 heteroatoms. The molecule has 0 aliphatic rings. The number of sulfonamides is 1. The van der Waals surface area contributed by atoms with Crippen molar-refractivity contribution in [3.8, 4) is 5.75 Å². The summed E-state index contributed by atoms with van der Waals surface area (Å²) in [6.07, 6.45) is 1.08. The van der Waals surface area contributed by atoms with Gasteiger partial charge in [-0.1, -0.05) is 103 Å². The molecule has 0 bridgehead atoms. The monoisotopic (exact) mass is 585 g/mol. The molecule has 0 heterocycles. The van der Waals surface area contributed by atoms with E-state index in [0.29, 0.717) is 11.3 Å². The largest absolute Gasteiger partial charge is 0.497 e. The lowest BCUT2D eigenvalue weighted by Gasteiger charge is -2.33. The Bertz CT molecular complexity index is 1550. The summed E-state index contributed by atoms with van der Waals surface area (Å²) in [5.41, 5.74) is 3.04. The maximum atomic E-state index is 14.1. The third kappa shape index (κ3) is 8.52. The van der Waals surface area contributed by atoms with Crippen LogP contribution >= 0.6 is 0 Å². The van der Waals surface area contributed by atoms with Gasteiger partial charge >= 0.3 is 0 Å². The van der Waals surface area contributed by atoms with E-state index in [-0.39, 0.29) is 25.5 Å². The predicted octanol–water partition coefficient (Wildman–Crippen LogP) is 4.54. The summed E-state index contributed by atoms with van der Waals surface area (Å²) in [5.74, 6) is -0.165. The van der Waals surface area contributed by atoms with Gasteiger partial charge in [0.2, 0.25) is 21.8 Å². The highest BCUT2D eigenvalue weighted by Crippen LogP contribution is 2.25. The van der Waals surface area contributed by atoms with Crippen LogP contribution in [0.5, 0.6) is 5.75 Å². The first kappa shape index (κ1) is 30.5. The van der Waals surface area contributed by atoms with Crippen molar-refractivity contribution in [2.45, 2.75) is 25.7 Å². The van der Waals surface area contributed by atoms with Gasteiger partial charge in [0.05, 0.1) is 19.9 Å². The number of rotatable bonds is 13. The summed E-state index contributed by atoms with van der Waals surface area (Å²) < 4.78 is 32.0. The van der Waals surface area contributed by atoms with Crippen LogP contribution < -0.4 is 10.1 Å². The number of hydrogen-bond acceptors (Lipinski definition) is 5. The molecule has 0 saturated carbocycles. The van der Waals surface area contributed by atoms with Crippen LogP contribution in [0.15, 0.2) is 115 Å². The summed E-state index contributed by atoms with van der Waals surface area (Å²) in [4.78, 5) is 29.4. The van der Waals surface area contributed by atoms with Gasteiger partial charge in [0, 0.05) is 19.6 Å². The first-order valence-electron chi connectivity index (χ1n) is 13.5. The molecule has 4 aromatic rings. The zero-order valence-corrected chi connectivity index (χ0v) is 24.5. The number of amides is 2. The molecule has 0 aliphatic heterocycles. The number of methoxy groups -OCH3 is 1. The molecular weight excluding hydrogens is 550 g/mol. The molecule has 42 heavy (non-hydrogen) atoms. The number of hydrogen-bond donors (Lipinski definition) is 1. The summed E-state index contributed by atoms with van der Waals surface area (Å²) in [6, 6.07) is 33.8. The molecule has 1 N–H and O–H groups in total. The van der Waals surface area contributed by atoms with Crippen molar-refractivity contribution < 1.29 is 22.7 Å². The SMILES string of the molecule is COc1ccc(CNC(=O)C(c2ccccc2)N(Cc2ccccc2)C(=O)CN(Cc2ccccc2)S(C)(=O)=O)cc1. The summed E-state index contributed by atoms with van der Waals surface area (Å²) in [6.45, 7) is -0.0406. The van der Waals surface area contributed by atoms with Gasteiger partial charge in [-0.25, -0.2) is 8.42 Å². The molecule has 1 atom stereocenters. The van der Waals surface area contributed by atoms with Crippen molar-refractivity contribution in [1.82, 2.24) is 14.5 Å². The predicted molar refractivity (Wildman–Crippen MR) is 163 cm³/mol. The zero-order valence-electron chi connectivity index (χ0n) is 23.7. The molecule has 8 nitrogen and oxygen atoms in total. The zero-order chi connectivity index (χ0) is 30.0. The minimum absolute atomic E-state index is 0.0320. The van der Waals surface area contributed by atoms with Gasteiger partial charge in [-0.15, -0.1) is 0 Å². The Morgan fingerprint density at radius 2 is 1.26 bits per heavy atom. The maximum Gasteiger partial charge on any atom is 0.247 e. The van der Waals surface area contributed by atoms with Crippen molar-refractivity contribution in [2.24, 2.45) is 0 Å². The van der Waals surface area contributed by atoms with E-state index in [1.54, 1.807) is 19.2 Å². The molecule has 0 saturated heterocycles. The molecule has 218 valence electrons. The Hall–Kier alpha value is -4.47. The lowest BCUT2D eigenvalue weighted by molar-refractivity contribution is -0.141. The van der Waals surface area contributed by atoms with Gasteiger partial charge in [-0.3, -0.25) is 9.59 Å². The second-order valence-electron chi connectivity index (χ2n) is 9.90. The van der Waals surface area contributed by atoms with Gasteiger partial charge < -0.3 is 15.0 Å². The lowest BCUT2D eigenvalue weighted by Crippen LogP contribution is -2.47. The third-order valence-corrected chi connectivity index (χ3v) is 8.00. The smallest absolute Gasteiger partial charge is 0.247 e. The summed E-state index contributed by atoms with van der Waals surface area (Å²) in [5, 5.41) is 2.97. The second-order valence-corrected chi connectivity index (χ2v) is 11.9. The maximum absolute atomic E-state index is 14.1. The van der Waals surface area contributed by atoms with Gasteiger partial charge in [0.1, 0.15) is 11.8 Å². The fourth-order valence-electron chi connectivity index (χ4n) is 4.56. The lowest BCUT2D eigenvalue weighted by atomic mass is 10.0. The quantitative estimate of drug-likeness (QED) is 0.249. The van der Waals surface area contributed by atoms with Gasteiger partial charge in [-0.2, -0.15) is 4.31 Å². The highest BCUT2D eigenvalue weighted by Gasteiger charge is 2.33. The second kappa shape index (κ2) is 14.4. The molecular formula is C33H35N3O5S. The number of nitrogens with one attached hydrogen (secondary N) is 1. The Morgan fingerprint density at radius 1 is 0.738 bits per heavy atom. The van der Waals surface area contributed by atoms with Gasteiger partial charge in [-0.05, 0) is 34.4 Å². The molecule has 1 unspecified atom stereocenters. The van der Waals surface area contributed by atoms with E-state index >= 15 is 0 Å². The van der Waals surface area contributed by atoms with Crippen molar-refractivity contribution in [3.05, 3.63) is 138 Å². The highest BCUT2D eigenvalue weighted by atomic mass is 32.2. The highest BCUT2D eigenvalue weighted by molar-refractivity contribution is 7.88. The van der Waals surface area contributed by atoms with Crippen molar-refractivity contribution in [2.75, 3.05) is 19.9 Å². The third-order valence-electron chi connectivity index (χ3n) is 6.80. The Labute approximate surface area is 247 Å². The van der Waals surface area contributed by atoms with Crippen LogP contribution in [-0.2, 0) is 39.2 Å². The molecule has 4 aromatic carbocycles. The fourth-order valence-corrected chi connectivity index (χ4v) is 5.29. The summed E-state index contributed by atoms with van der Waals surface area (Å²) in [7, 11) is -2.16. The van der Waals surface area contributed by atoms with Gasteiger partial charge in [0.25, 0.3) is 0 Å². The van der Waals surface area contributed by atoms with Crippen LogP contribution in [0.25, 0.3) is 0 Å². The normalized spacial score (nSPS) is 12.0. The van der Waals surface area contributed by atoms with E-state index in [9.17, 15) is 18.0 Å². The number of benzene rings is 4. The Morgan fingerprint density at radius 3 is 1.79 bits per heavy atom. The Balaban J connectivity index is 1.66. The number of nitrogens with zero attached hydrogens (tertiary/aromatic N) is 2. The molecule has 2 amide bonds. The topological polar surface area (TPSA) is 96.0 Å². The van der Waals surface area contributed by atoms with Gasteiger partial charge in [0.15, 0.2) is 0 Å². The van der Waals surface area contributed by atoms with Crippen molar-refractivity contribution in [3.63, 3.8) is 0 Å². The summed E-state index contributed by atoms with van der Waals surface area (Å²) >= 11 is 0. The van der Waals surface area contributed by atoms with E-state index < -0.39 is 28.5 Å². The Kier molecular flexibility index (Phi) is 10.5. The van der Waals surface area contributed by atoms with Crippen LogP contribution in [0.3, 0.4) is 0 Å². The van der Waals surface area contributed by atoms with E-state index in [4.69, 9.17) is 4.74 Å².